The molecule has 0 saturated carbocycles. The first-order valence-electron chi connectivity index (χ1n) is 4.43. The summed E-state index contributed by atoms with van der Waals surface area (Å²) in [6.45, 7) is 2.22. The smallest absolute Gasteiger partial charge is 0.237 e. The number of hydrogen-bond donors (Lipinski definition) is 2. The van der Waals surface area contributed by atoms with Crippen LogP contribution < -0.4 is 5.32 Å². The van der Waals surface area contributed by atoms with Gasteiger partial charge in [0.15, 0.2) is 0 Å². The number of hydrogen-bond acceptors (Lipinski definition) is 3. The van der Waals surface area contributed by atoms with E-state index in [0.717, 1.165) is 5.56 Å². The quantitative estimate of drug-likeness (QED) is 0.731. The van der Waals surface area contributed by atoms with Gasteiger partial charge in [-0.3, -0.25) is 9.89 Å². The lowest BCUT2D eigenvalue weighted by Crippen LogP contribution is -2.28. The van der Waals surface area contributed by atoms with Crippen molar-refractivity contribution < 1.29 is 4.79 Å². The Morgan fingerprint density at radius 2 is 2.64 bits per heavy atom. The van der Waals surface area contributed by atoms with Crippen molar-refractivity contribution in [2.75, 3.05) is 0 Å². The highest BCUT2D eigenvalue weighted by Crippen LogP contribution is 2.01. The molecule has 0 aliphatic rings. The van der Waals surface area contributed by atoms with Gasteiger partial charge in [-0.05, 0) is 6.42 Å². The van der Waals surface area contributed by atoms with Gasteiger partial charge in [0.05, 0.1) is 12.3 Å². The Morgan fingerprint density at radius 3 is 3.14 bits per heavy atom. The maximum absolute atomic E-state index is 11.3. The van der Waals surface area contributed by atoms with Crippen molar-refractivity contribution >= 4 is 5.91 Å². The molecule has 5 heteroatoms. The summed E-state index contributed by atoms with van der Waals surface area (Å²) >= 11 is 0. The molecule has 0 aromatic carbocycles. The van der Waals surface area contributed by atoms with Crippen molar-refractivity contribution in [2.24, 2.45) is 5.92 Å². The van der Waals surface area contributed by atoms with Crippen molar-refractivity contribution in [3.63, 3.8) is 0 Å². The molecule has 0 aliphatic heterocycles. The molecule has 1 heterocycles. The molecule has 0 spiro atoms. The average Bonchev–Trinajstić information content (AvgIpc) is 2.69. The minimum absolute atomic E-state index is 0.226. The Morgan fingerprint density at radius 1 is 1.86 bits per heavy atom. The third-order valence-corrected chi connectivity index (χ3v) is 1.90. The highest BCUT2D eigenvalue weighted by Gasteiger charge is 2.14. The number of aromatic amines is 1. The van der Waals surface area contributed by atoms with E-state index in [-0.39, 0.29) is 5.91 Å². The van der Waals surface area contributed by atoms with E-state index in [0.29, 0.717) is 13.0 Å². The highest BCUT2D eigenvalue weighted by molar-refractivity contribution is 5.80. The van der Waals surface area contributed by atoms with Gasteiger partial charge in [-0.1, -0.05) is 6.92 Å². The Hall–Kier alpha value is -1.83. The molecule has 0 bridgehead atoms. The standard InChI is InChI=1S/C9H12N4O/c1-2-8(3-10)9(14)11-4-7-5-12-13-6-7/h5-6,8H,2,4H2,1H3,(H,11,14)(H,12,13). The first-order valence-corrected chi connectivity index (χ1v) is 4.43. The van der Waals surface area contributed by atoms with E-state index in [1.54, 1.807) is 12.4 Å². The highest BCUT2D eigenvalue weighted by atomic mass is 16.1. The van der Waals surface area contributed by atoms with Crippen LogP contribution in [0.2, 0.25) is 0 Å². The minimum atomic E-state index is -0.554. The Kier molecular flexibility index (Phi) is 3.68. The number of amides is 1. The van der Waals surface area contributed by atoms with Crippen molar-refractivity contribution in [2.45, 2.75) is 19.9 Å². The monoisotopic (exact) mass is 192 g/mol. The van der Waals surface area contributed by atoms with Crippen LogP contribution >= 0.6 is 0 Å². The lowest BCUT2D eigenvalue weighted by atomic mass is 10.1. The Bertz CT molecular complexity index is 325. The summed E-state index contributed by atoms with van der Waals surface area (Å²) in [6.07, 6.45) is 3.87. The van der Waals surface area contributed by atoms with Gasteiger partial charge in [0, 0.05) is 18.3 Å². The van der Waals surface area contributed by atoms with E-state index in [1.165, 1.54) is 0 Å². The van der Waals surface area contributed by atoms with Gasteiger partial charge in [-0.2, -0.15) is 10.4 Å². The fourth-order valence-corrected chi connectivity index (χ4v) is 1.02. The van der Waals surface area contributed by atoms with E-state index in [1.807, 2.05) is 13.0 Å². The van der Waals surface area contributed by atoms with Crippen LogP contribution in [0, 0.1) is 17.2 Å². The van der Waals surface area contributed by atoms with Gasteiger partial charge in [0.1, 0.15) is 5.92 Å². The van der Waals surface area contributed by atoms with Gasteiger partial charge in [-0.15, -0.1) is 0 Å². The summed E-state index contributed by atoms with van der Waals surface area (Å²) in [5.74, 6) is -0.780. The number of carbonyl (C=O) groups excluding carboxylic acids is 1. The van der Waals surface area contributed by atoms with E-state index in [4.69, 9.17) is 5.26 Å². The number of nitrogens with one attached hydrogen (secondary N) is 2. The van der Waals surface area contributed by atoms with Crippen LogP contribution in [0.1, 0.15) is 18.9 Å². The van der Waals surface area contributed by atoms with Crippen LogP contribution in [0.25, 0.3) is 0 Å². The van der Waals surface area contributed by atoms with Crippen molar-refractivity contribution in [3.05, 3.63) is 18.0 Å². The summed E-state index contributed by atoms with van der Waals surface area (Å²) in [4.78, 5) is 11.3. The SMILES string of the molecule is CCC(C#N)C(=O)NCc1cn[nH]c1. The molecular weight excluding hydrogens is 180 g/mol. The first-order chi connectivity index (χ1) is 6.77. The molecular formula is C9H12N4O. The van der Waals surface area contributed by atoms with Crippen LogP contribution in [0.3, 0.4) is 0 Å². The van der Waals surface area contributed by atoms with E-state index in [9.17, 15) is 4.79 Å². The number of rotatable bonds is 4. The molecule has 1 unspecified atom stereocenters. The zero-order valence-electron chi connectivity index (χ0n) is 7.95. The second kappa shape index (κ2) is 5.02. The largest absolute Gasteiger partial charge is 0.351 e. The molecule has 1 amide bonds. The number of nitriles is 1. The van der Waals surface area contributed by atoms with Crippen molar-refractivity contribution in [1.82, 2.24) is 15.5 Å². The lowest BCUT2D eigenvalue weighted by Gasteiger charge is -2.06. The average molecular weight is 192 g/mol. The van der Waals surface area contributed by atoms with Gasteiger partial charge in [0.25, 0.3) is 0 Å². The van der Waals surface area contributed by atoms with Gasteiger partial charge in [0.2, 0.25) is 5.91 Å². The normalized spacial score (nSPS) is 11.7. The Labute approximate surface area is 82.1 Å². The fraction of sp³-hybridized carbons (Fsp3) is 0.444. The summed E-state index contributed by atoms with van der Waals surface area (Å²) in [5, 5.41) is 17.7. The molecule has 1 atom stereocenters. The second-order valence-electron chi connectivity index (χ2n) is 2.91. The van der Waals surface area contributed by atoms with Gasteiger partial charge in [-0.25, -0.2) is 0 Å². The maximum atomic E-state index is 11.3. The van der Waals surface area contributed by atoms with E-state index >= 15 is 0 Å². The van der Waals surface area contributed by atoms with E-state index in [2.05, 4.69) is 15.5 Å². The number of carbonyl (C=O) groups is 1. The molecule has 1 aromatic rings. The van der Waals surface area contributed by atoms with Crippen LogP contribution in [0.5, 0.6) is 0 Å². The molecule has 2 N–H and O–H groups in total. The molecule has 0 fully saturated rings. The van der Waals surface area contributed by atoms with Crippen molar-refractivity contribution in [3.8, 4) is 6.07 Å². The third-order valence-electron chi connectivity index (χ3n) is 1.90. The van der Waals surface area contributed by atoms with Crippen LogP contribution in [0.4, 0.5) is 0 Å². The molecule has 1 rings (SSSR count). The molecule has 14 heavy (non-hydrogen) atoms. The summed E-state index contributed by atoms with van der Waals surface area (Å²) in [7, 11) is 0. The molecule has 0 aliphatic carbocycles. The summed E-state index contributed by atoms with van der Waals surface area (Å²) in [6, 6.07) is 1.95. The third kappa shape index (κ3) is 2.59. The zero-order valence-corrected chi connectivity index (χ0v) is 7.95. The maximum Gasteiger partial charge on any atom is 0.237 e. The molecule has 0 radical (unpaired) electrons. The fourth-order valence-electron chi connectivity index (χ4n) is 1.02. The number of H-pyrrole nitrogens is 1. The molecule has 1 aromatic heterocycles. The summed E-state index contributed by atoms with van der Waals surface area (Å²) in [5.41, 5.74) is 0.895. The first kappa shape index (κ1) is 10.3. The minimum Gasteiger partial charge on any atom is -0.351 e. The van der Waals surface area contributed by atoms with Crippen LogP contribution in [-0.4, -0.2) is 16.1 Å². The van der Waals surface area contributed by atoms with Crippen LogP contribution in [-0.2, 0) is 11.3 Å². The zero-order chi connectivity index (χ0) is 10.4. The number of aromatic nitrogens is 2. The van der Waals surface area contributed by atoms with Crippen molar-refractivity contribution in [1.29, 1.82) is 5.26 Å². The second-order valence-corrected chi connectivity index (χ2v) is 2.91. The molecule has 0 saturated heterocycles. The molecule has 5 nitrogen and oxygen atoms in total. The topological polar surface area (TPSA) is 81.6 Å². The number of nitrogens with zero attached hydrogens (tertiary/aromatic N) is 2. The van der Waals surface area contributed by atoms with Gasteiger partial charge >= 0.3 is 0 Å². The Balaban J connectivity index is 2.39. The lowest BCUT2D eigenvalue weighted by molar-refractivity contribution is -0.123. The molecule has 74 valence electrons. The van der Waals surface area contributed by atoms with Crippen LogP contribution in [0.15, 0.2) is 12.4 Å². The van der Waals surface area contributed by atoms with Gasteiger partial charge < -0.3 is 5.32 Å². The predicted molar refractivity (Wildman–Crippen MR) is 49.8 cm³/mol. The summed E-state index contributed by atoms with van der Waals surface area (Å²) < 4.78 is 0. The predicted octanol–water partition coefficient (Wildman–Crippen LogP) is 0.576. The van der Waals surface area contributed by atoms with E-state index < -0.39 is 5.92 Å².